The van der Waals surface area contributed by atoms with E-state index in [9.17, 15) is 4.39 Å². The van der Waals surface area contributed by atoms with Crippen molar-refractivity contribution in [3.05, 3.63) is 52.1 Å². The summed E-state index contributed by atoms with van der Waals surface area (Å²) in [4.78, 5) is 4.21. The molecule has 110 valence electrons. The highest BCUT2D eigenvalue weighted by Crippen LogP contribution is 2.31. The first-order valence-corrected chi connectivity index (χ1v) is 6.40. The van der Waals surface area contributed by atoms with Gasteiger partial charge in [-0.1, -0.05) is 22.8 Å². The molecular formula is C14H13ClFN3O2. The van der Waals surface area contributed by atoms with Crippen molar-refractivity contribution in [2.45, 2.75) is 13.8 Å². The number of nitrogens with two attached hydrogens (primary N) is 1. The Morgan fingerprint density at radius 1 is 1.38 bits per heavy atom. The van der Waals surface area contributed by atoms with Crippen LogP contribution in [0.4, 0.5) is 4.39 Å². The topological polar surface area (TPSA) is 80.7 Å². The van der Waals surface area contributed by atoms with Crippen LogP contribution in [-0.4, -0.2) is 16.0 Å². The van der Waals surface area contributed by atoms with Gasteiger partial charge in [-0.05, 0) is 26.0 Å². The zero-order valence-corrected chi connectivity index (χ0v) is 12.1. The lowest BCUT2D eigenvalue weighted by Gasteiger charge is -2.14. The van der Waals surface area contributed by atoms with Crippen molar-refractivity contribution in [2.75, 3.05) is 0 Å². The van der Waals surface area contributed by atoms with E-state index in [0.717, 1.165) is 0 Å². The first kappa shape index (κ1) is 15.1. The molecule has 3 N–H and O–H groups in total. The largest absolute Gasteiger partial charge is 0.453 e. The molecule has 0 spiro atoms. The van der Waals surface area contributed by atoms with Crippen molar-refractivity contribution in [3.8, 4) is 11.5 Å². The van der Waals surface area contributed by atoms with Crippen LogP contribution in [0.1, 0.15) is 17.0 Å². The molecule has 0 fully saturated rings. The van der Waals surface area contributed by atoms with Crippen LogP contribution in [0.3, 0.4) is 0 Å². The van der Waals surface area contributed by atoms with Gasteiger partial charge >= 0.3 is 0 Å². The molecule has 21 heavy (non-hydrogen) atoms. The fourth-order valence-corrected chi connectivity index (χ4v) is 2.08. The number of ether oxygens (including phenoxy) is 1. The molecule has 7 heteroatoms. The average Bonchev–Trinajstić information content (AvgIpc) is 2.42. The Hall–Kier alpha value is -2.34. The first-order chi connectivity index (χ1) is 9.93. The number of oxime groups is 1. The maximum atomic E-state index is 13.9. The number of halogens is 2. The highest BCUT2D eigenvalue weighted by atomic mass is 35.5. The zero-order valence-electron chi connectivity index (χ0n) is 11.4. The second-order valence-corrected chi connectivity index (χ2v) is 4.77. The number of benzene rings is 1. The van der Waals surface area contributed by atoms with Gasteiger partial charge in [0.25, 0.3) is 0 Å². The molecule has 0 saturated heterocycles. The molecule has 1 aromatic heterocycles. The maximum Gasteiger partial charge on any atom is 0.184 e. The Morgan fingerprint density at radius 2 is 2.10 bits per heavy atom. The molecule has 0 amide bonds. The summed E-state index contributed by atoms with van der Waals surface area (Å²) < 4.78 is 19.5. The maximum absolute atomic E-state index is 13.9. The van der Waals surface area contributed by atoms with Crippen LogP contribution in [0.5, 0.6) is 11.5 Å². The van der Waals surface area contributed by atoms with E-state index in [1.165, 1.54) is 12.1 Å². The van der Waals surface area contributed by atoms with Gasteiger partial charge in [0.05, 0.1) is 16.3 Å². The van der Waals surface area contributed by atoms with Crippen LogP contribution in [0.25, 0.3) is 0 Å². The molecule has 5 nitrogen and oxygen atoms in total. The van der Waals surface area contributed by atoms with E-state index in [0.29, 0.717) is 17.0 Å². The van der Waals surface area contributed by atoms with E-state index in [4.69, 9.17) is 27.3 Å². The molecule has 0 aliphatic carbocycles. The first-order valence-electron chi connectivity index (χ1n) is 6.02. The molecule has 2 rings (SSSR count). The molecule has 0 bridgehead atoms. The second-order valence-electron chi connectivity index (χ2n) is 4.36. The number of aryl methyl sites for hydroxylation is 2. The zero-order chi connectivity index (χ0) is 15.6. The number of nitrogens with zero attached hydrogens (tertiary/aromatic N) is 2. The van der Waals surface area contributed by atoms with Crippen molar-refractivity contribution in [2.24, 2.45) is 10.9 Å². The van der Waals surface area contributed by atoms with Crippen molar-refractivity contribution < 1.29 is 14.3 Å². The Kier molecular flexibility index (Phi) is 4.28. The second kappa shape index (κ2) is 5.97. The van der Waals surface area contributed by atoms with E-state index < -0.39 is 5.82 Å². The smallest absolute Gasteiger partial charge is 0.184 e. The van der Waals surface area contributed by atoms with Gasteiger partial charge in [0.2, 0.25) is 0 Å². The summed E-state index contributed by atoms with van der Waals surface area (Å²) in [5.41, 5.74) is 7.08. The number of hydrogen-bond donors (Lipinski definition) is 2. The van der Waals surface area contributed by atoms with Crippen molar-refractivity contribution in [1.82, 2.24) is 4.98 Å². The third-order valence-corrected chi connectivity index (χ3v) is 3.08. The number of hydrogen-bond acceptors (Lipinski definition) is 4. The van der Waals surface area contributed by atoms with Gasteiger partial charge < -0.3 is 15.7 Å². The van der Waals surface area contributed by atoms with Gasteiger partial charge in [0.1, 0.15) is 5.75 Å². The monoisotopic (exact) mass is 309 g/mol. The lowest BCUT2D eigenvalue weighted by Crippen LogP contribution is -2.17. The molecular weight excluding hydrogens is 297 g/mol. The van der Waals surface area contributed by atoms with E-state index in [2.05, 4.69) is 10.1 Å². The van der Waals surface area contributed by atoms with Gasteiger partial charge in [-0.25, -0.2) is 4.39 Å². The Labute approximate surface area is 125 Å². The lowest BCUT2D eigenvalue weighted by molar-refractivity contribution is 0.318. The fourth-order valence-electron chi connectivity index (χ4n) is 1.92. The average molecular weight is 310 g/mol. The van der Waals surface area contributed by atoms with E-state index in [1.807, 2.05) is 0 Å². The van der Waals surface area contributed by atoms with Crippen LogP contribution < -0.4 is 10.5 Å². The molecule has 0 saturated carbocycles. The minimum atomic E-state index is -0.684. The normalized spacial score (nSPS) is 11.5. The number of aromatic nitrogens is 1. The molecule has 2 aromatic rings. The SMILES string of the molecule is Cc1cc(Oc2cccc(Cl)c2F)c(/C(N)=N/O)c(C)n1. The Morgan fingerprint density at radius 3 is 2.76 bits per heavy atom. The van der Waals surface area contributed by atoms with Gasteiger partial charge in [-0.3, -0.25) is 4.98 Å². The molecule has 0 unspecified atom stereocenters. The summed E-state index contributed by atoms with van der Waals surface area (Å²) in [6.45, 7) is 3.44. The molecule has 0 aliphatic heterocycles. The Bertz CT molecular complexity index is 720. The van der Waals surface area contributed by atoms with Crippen LogP contribution >= 0.6 is 11.6 Å². The highest BCUT2D eigenvalue weighted by Gasteiger charge is 2.17. The summed E-state index contributed by atoms with van der Waals surface area (Å²) in [7, 11) is 0. The molecule has 1 aromatic carbocycles. The number of rotatable bonds is 3. The predicted octanol–water partition coefficient (Wildman–Crippen LogP) is 3.38. The van der Waals surface area contributed by atoms with Crippen molar-refractivity contribution >= 4 is 17.4 Å². The third-order valence-electron chi connectivity index (χ3n) is 2.79. The van der Waals surface area contributed by atoms with Crippen molar-refractivity contribution in [1.29, 1.82) is 0 Å². The van der Waals surface area contributed by atoms with Gasteiger partial charge in [0, 0.05) is 11.8 Å². The van der Waals surface area contributed by atoms with Crippen molar-refractivity contribution in [3.63, 3.8) is 0 Å². The summed E-state index contributed by atoms with van der Waals surface area (Å²) in [5.74, 6) is -0.676. The van der Waals surface area contributed by atoms with Crippen LogP contribution in [0, 0.1) is 19.7 Å². The summed E-state index contributed by atoms with van der Waals surface area (Å²) in [6.07, 6.45) is 0. The van der Waals surface area contributed by atoms with Gasteiger partial charge in [0.15, 0.2) is 17.4 Å². The highest BCUT2D eigenvalue weighted by molar-refractivity contribution is 6.30. The third kappa shape index (κ3) is 3.05. The minimum absolute atomic E-state index is 0.0552. The summed E-state index contributed by atoms with van der Waals surface area (Å²) in [6, 6.07) is 5.98. The molecule has 0 aliphatic rings. The molecule has 0 radical (unpaired) electrons. The van der Waals surface area contributed by atoms with E-state index >= 15 is 0 Å². The molecule has 0 atom stereocenters. The van der Waals surface area contributed by atoms with Crippen LogP contribution in [0.2, 0.25) is 5.02 Å². The lowest BCUT2D eigenvalue weighted by atomic mass is 10.1. The van der Waals surface area contributed by atoms with E-state index in [-0.39, 0.29) is 22.4 Å². The van der Waals surface area contributed by atoms with Gasteiger partial charge in [-0.15, -0.1) is 0 Å². The van der Waals surface area contributed by atoms with Crippen LogP contribution in [-0.2, 0) is 0 Å². The standard InChI is InChI=1S/C14H13ClFN3O2/c1-7-6-11(12(8(2)18-7)14(17)19-20)21-10-5-3-4-9(15)13(10)16/h3-6,20H,1-2H3,(H2,17,19). The van der Waals surface area contributed by atoms with Crippen LogP contribution in [0.15, 0.2) is 29.4 Å². The summed E-state index contributed by atoms with van der Waals surface area (Å²) >= 11 is 5.72. The quantitative estimate of drug-likeness (QED) is 0.394. The fraction of sp³-hybridized carbons (Fsp3) is 0.143. The van der Waals surface area contributed by atoms with Gasteiger partial charge in [-0.2, -0.15) is 0 Å². The predicted molar refractivity (Wildman–Crippen MR) is 77.7 cm³/mol. The number of amidine groups is 1. The minimum Gasteiger partial charge on any atom is -0.453 e. The summed E-state index contributed by atoms with van der Waals surface area (Å²) in [5, 5.41) is 11.7. The number of pyridine rings is 1. The molecule has 1 heterocycles. The Balaban J connectivity index is 2.56. The van der Waals surface area contributed by atoms with E-state index in [1.54, 1.807) is 26.0 Å².